The van der Waals surface area contributed by atoms with Gasteiger partial charge in [0.1, 0.15) is 0 Å². The Morgan fingerprint density at radius 2 is 1.82 bits per heavy atom. The molecule has 1 aromatic carbocycles. The molecule has 0 unspecified atom stereocenters. The summed E-state index contributed by atoms with van der Waals surface area (Å²) in [5.41, 5.74) is 2.73. The Morgan fingerprint density at radius 3 is 2.36 bits per heavy atom. The maximum absolute atomic E-state index is 4.70. The summed E-state index contributed by atoms with van der Waals surface area (Å²) in [7, 11) is 2.08. The molecule has 22 heavy (non-hydrogen) atoms. The predicted molar refractivity (Wildman–Crippen MR) is 96.4 cm³/mol. The van der Waals surface area contributed by atoms with Crippen LogP contribution in [-0.2, 0) is 6.54 Å². The predicted octanol–water partition coefficient (Wildman–Crippen LogP) is 2.78. The van der Waals surface area contributed by atoms with Gasteiger partial charge in [-0.15, -0.1) is 0 Å². The van der Waals surface area contributed by atoms with Crippen LogP contribution in [0.25, 0.3) is 0 Å². The third kappa shape index (κ3) is 7.46. The molecule has 4 heteroatoms. The number of benzene rings is 1. The van der Waals surface area contributed by atoms with Crippen molar-refractivity contribution in [2.24, 2.45) is 4.99 Å². The van der Waals surface area contributed by atoms with Crippen molar-refractivity contribution in [3.63, 3.8) is 0 Å². The van der Waals surface area contributed by atoms with Crippen molar-refractivity contribution >= 4 is 5.96 Å². The molecule has 0 spiro atoms. The molecule has 1 aromatic rings. The van der Waals surface area contributed by atoms with Crippen molar-refractivity contribution in [3.8, 4) is 0 Å². The molecule has 0 aliphatic rings. The van der Waals surface area contributed by atoms with Crippen LogP contribution in [-0.4, -0.2) is 43.1 Å². The van der Waals surface area contributed by atoms with E-state index >= 15 is 0 Å². The van der Waals surface area contributed by atoms with E-state index in [0.29, 0.717) is 0 Å². The van der Waals surface area contributed by atoms with Crippen LogP contribution in [0.15, 0.2) is 29.3 Å². The lowest BCUT2D eigenvalue weighted by Gasteiger charge is -2.23. The Bertz CT molecular complexity index is 457. The van der Waals surface area contributed by atoms with E-state index in [0.717, 1.165) is 32.1 Å². The lowest BCUT2D eigenvalue weighted by Crippen LogP contribution is -2.40. The van der Waals surface area contributed by atoms with Gasteiger partial charge in [-0.2, -0.15) is 0 Å². The average Bonchev–Trinajstić information content (AvgIpc) is 2.43. The average molecular weight is 304 g/mol. The van der Waals surface area contributed by atoms with Crippen molar-refractivity contribution in [1.29, 1.82) is 0 Å². The number of nitrogens with one attached hydrogen (secondary N) is 2. The Kier molecular flexibility index (Phi) is 7.39. The molecule has 0 atom stereocenters. The molecule has 0 saturated carbocycles. The fourth-order valence-electron chi connectivity index (χ4n) is 2.10. The molecule has 0 aromatic heterocycles. The van der Waals surface area contributed by atoms with Gasteiger partial charge < -0.3 is 15.5 Å². The Balaban J connectivity index is 2.58. The highest BCUT2D eigenvalue weighted by Gasteiger charge is 2.09. The van der Waals surface area contributed by atoms with Crippen molar-refractivity contribution in [2.45, 2.75) is 46.7 Å². The highest BCUT2D eigenvalue weighted by atomic mass is 15.3. The van der Waals surface area contributed by atoms with E-state index < -0.39 is 0 Å². The number of hydrogen-bond acceptors (Lipinski definition) is 2. The summed E-state index contributed by atoms with van der Waals surface area (Å²) in [5, 5.41) is 6.82. The van der Waals surface area contributed by atoms with Crippen LogP contribution in [0.3, 0.4) is 0 Å². The summed E-state index contributed by atoms with van der Waals surface area (Å²) in [6, 6.07) is 8.66. The van der Waals surface area contributed by atoms with Gasteiger partial charge in [-0.3, -0.25) is 4.99 Å². The summed E-state index contributed by atoms with van der Waals surface area (Å²) in [5.74, 6) is 0.957. The van der Waals surface area contributed by atoms with Crippen molar-refractivity contribution in [2.75, 3.05) is 26.7 Å². The van der Waals surface area contributed by atoms with Gasteiger partial charge in [0.2, 0.25) is 0 Å². The third-order valence-electron chi connectivity index (χ3n) is 3.27. The van der Waals surface area contributed by atoms with Crippen LogP contribution in [0.1, 0.15) is 38.8 Å². The lowest BCUT2D eigenvalue weighted by molar-refractivity contribution is 0.430. The zero-order valence-electron chi connectivity index (χ0n) is 15.0. The smallest absolute Gasteiger partial charge is 0.194 e. The standard InChI is InChI=1S/C18H32N4/c1-7-19-17(20-12-13-21-18(3,4)5)22(6)14-16-10-8-15(2)9-11-16/h8-11,21H,7,12-14H2,1-6H3,(H,19,20). The summed E-state index contributed by atoms with van der Waals surface area (Å²) in [6.07, 6.45) is 0. The first kappa shape index (κ1) is 18.5. The fourth-order valence-corrected chi connectivity index (χ4v) is 2.10. The largest absolute Gasteiger partial charge is 0.357 e. The van der Waals surface area contributed by atoms with Crippen LogP contribution in [0.4, 0.5) is 0 Å². The van der Waals surface area contributed by atoms with E-state index in [4.69, 9.17) is 4.99 Å². The summed E-state index contributed by atoms with van der Waals surface area (Å²) < 4.78 is 0. The van der Waals surface area contributed by atoms with Gasteiger partial charge in [-0.25, -0.2) is 0 Å². The fraction of sp³-hybridized carbons (Fsp3) is 0.611. The third-order valence-corrected chi connectivity index (χ3v) is 3.27. The van der Waals surface area contributed by atoms with E-state index in [2.05, 4.69) is 81.5 Å². The highest BCUT2D eigenvalue weighted by Crippen LogP contribution is 2.06. The Labute approximate surface area is 136 Å². The molecule has 1 rings (SSSR count). The first-order chi connectivity index (χ1) is 10.3. The Morgan fingerprint density at radius 1 is 1.18 bits per heavy atom. The second-order valence-corrected chi connectivity index (χ2v) is 6.75. The number of aliphatic imine (C=N–C) groups is 1. The lowest BCUT2D eigenvalue weighted by atomic mass is 10.1. The number of aryl methyl sites for hydroxylation is 1. The Hall–Kier alpha value is -1.55. The van der Waals surface area contributed by atoms with Crippen LogP contribution in [0.2, 0.25) is 0 Å². The van der Waals surface area contributed by atoms with E-state index in [1.54, 1.807) is 0 Å². The van der Waals surface area contributed by atoms with Gasteiger partial charge in [0.25, 0.3) is 0 Å². The maximum Gasteiger partial charge on any atom is 0.194 e. The van der Waals surface area contributed by atoms with E-state index in [1.165, 1.54) is 11.1 Å². The second kappa shape index (κ2) is 8.79. The summed E-state index contributed by atoms with van der Waals surface area (Å²) in [6.45, 7) is 14.1. The highest BCUT2D eigenvalue weighted by molar-refractivity contribution is 5.79. The minimum atomic E-state index is 0.141. The van der Waals surface area contributed by atoms with Crippen molar-refractivity contribution in [1.82, 2.24) is 15.5 Å². The topological polar surface area (TPSA) is 39.7 Å². The minimum absolute atomic E-state index is 0.141. The second-order valence-electron chi connectivity index (χ2n) is 6.75. The number of rotatable bonds is 6. The molecule has 4 nitrogen and oxygen atoms in total. The van der Waals surface area contributed by atoms with Gasteiger partial charge >= 0.3 is 0 Å². The number of guanidine groups is 1. The zero-order chi connectivity index (χ0) is 16.6. The summed E-state index contributed by atoms with van der Waals surface area (Å²) >= 11 is 0. The van der Waals surface area contributed by atoms with Crippen LogP contribution in [0, 0.1) is 6.92 Å². The molecule has 0 saturated heterocycles. The SMILES string of the molecule is CCNC(=NCCNC(C)(C)C)N(C)Cc1ccc(C)cc1. The monoisotopic (exact) mass is 304 g/mol. The van der Waals surface area contributed by atoms with Gasteiger partial charge in [0.15, 0.2) is 5.96 Å². The number of nitrogens with zero attached hydrogens (tertiary/aromatic N) is 2. The van der Waals surface area contributed by atoms with Gasteiger partial charge in [0.05, 0.1) is 6.54 Å². The first-order valence-corrected chi connectivity index (χ1v) is 8.12. The van der Waals surface area contributed by atoms with Gasteiger partial charge in [0, 0.05) is 32.2 Å². The van der Waals surface area contributed by atoms with Crippen molar-refractivity contribution in [3.05, 3.63) is 35.4 Å². The van der Waals surface area contributed by atoms with Gasteiger partial charge in [-0.1, -0.05) is 29.8 Å². The first-order valence-electron chi connectivity index (χ1n) is 8.12. The molecule has 0 aliphatic carbocycles. The molecular formula is C18H32N4. The molecular weight excluding hydrogens is 272 g/mol. The molecule has 2 N–H and O–H groups in total. The molecule has 0 fully saturated rings. The minimum Gasteiger partial charge on any atom is -0.357 e. The van der Waals surface area contributed by atoms with Crippen LogP contribution >= 0.6 is 0 Å². The molecule has 0 bridgehead atoms. The van der Waals surface area contributed by atoms with Gasteiger partial charge in [-0.05, 0) is 40.2 Å². The normalized spacial score (nSPS) is 12.4. The molecule has 0 radical (unpaired) electrons. The number of hydrogen-bond donors (Lipinski definition) is 2. The van der Waals surface area contributed by atoms with Crippen LogP contribution in [0.5, 0.6) is 0 Å². The zero-order valence-corrected chi connectivity index (χ0v) is 15.0. The molecule has 0 amide bonds. The molecule has 124 valence electrons. The van der Waals surface area contributed by atoms with Crippen molar-refractivity contribution < 1.29 is 0 Å². The summed E-state index contributed by atoms with van der Waals surface area (Å²) in [4.78, 5) is 6.87. The molecule has 0 aliphatic heterocycles. The van der Waals surface area contributed by atoms with E-state index in [-0.39, 0.29) is 5.54 Å². The molecule has 0 heterocycles. The van der Waals surface area contributed by atoms with E-state index in [9.17, 15) is 0 Å². The maximum atomic E-state index is 4.70. The van der Waals surface area contributed by atoms with Crippen LogP contribution < -0.4 is 10.6 Å². The quantitative estimate of drug-likeness (QED) is 0.482. The van der Waals surface area contributed by atoms with E-state index in [1.807, 2.05) is 0 Å².